The molecule has 2 N–H and O–H groups in total. The minimum Gasteiger partial charge on any atom is -0.388 e. The van der Waals surface area contributed by atoms with E-state index in [-0.39, 0.29) is 36.6 Å². The number of hydrogen-bond donors (Lipinski definition) is 2. The van der Waals surface area contributed by atoms with E-state index in [1.807, 2.05) is 6.07 Å². The van der Waals surface area contributed by atoms with Crippen LogP contribution in [0, 0.1) is 11.3 Å². The maximum absolute atomic E-state index is 11.8. The Hall–Kier alpha value is -2.40. The first-order valence-electron chi connectivity index (χ1n) is 5.26. The fourth-order valence-corrected chi connectivity index (χ4v) is 1.80. The number of aliphatic hydroxyl groups excluding tert-OH is 1. The van der Waals surface area contributed by atoms with Crippen LogP contribution in [-0.2, 0) is 20.2 Å². The lowest BCUT2D eigenvalue weighted by molar-refractivity contribution is 0.266. The standard InChI is InChI=1S/C10H11N5O3/c1-14-8-7(9(17)13-10(14)18)15(4-2-3-11)6(5-16)12-8/h16H,2,4-5H2,1H3,(H,13,17,18). The van der Waals surface area contributed by atoms with Crippen LogP contribution in [0.3, 0.4) is 0 Å². The first-order chi connectivity index (χ1) is 8.60. The highest BCUT2D eigenvalue weighted by atomic mass is 16.3. The van der Waals surface area contributed by atoms with E-state index in [1.54, 1.807) is 0 Å². The van der Waals surface area contributed by atoms with Crippen molar-refractivity contribution in [3.63, 3.8) is 0 Å². The van der Waals surface area contributed by atoms with Gasteiger partial charge in [-0.25, -0.2) is 9.78 Å². The normalized spacial score (nSPS) is 10.7. The third-order valence-electron chi connectivity index (χ3n) is 2.67. The van der Waals surface area contributed by atoms with Gasteiger partial charge in [0.1, 0.15) is 12.4 Å². The van der Waals surface area contributed by atoms with Crippen LogP contribution in [0.1, 0.15) is 12.2 Å². The Kier molecular flexibility index (Phi) is 2.99. The summed E-state index contributed by atoms with van der Waals surface area (Å²) in [5.41, 5.74) is -0.748. The van der Waals surface area contributed by atoms with E-state index in [0.29, 0.717) is 0 Å². The van der Waals surface area contributed by atoms with Gasteiger partial charge in [0.25, 0.3) is 5.56 Å². The van der Waals surface area contributed by atoms with Crippen molar-refractivity contribution in [1.82, 2.24) is 19.1 Å². The molecule has 0 aliphatic carbocycles. The van der Waals surface area contributed by atoms with Crippen molar-refractivity contribution in [1.29, 1.82) is 5.26 Å². The average Bonchev–Trinajstić information content (AvgIpc) is 2.72. The fourth-order valence-electron chi connectivity index (χ4n) is 1.80. The van der Waals surface area contributed by atoms with Gasteiger partial charge in [0.2, 0.25) is 0 Å². The number of hydrogen-bond acceptors (Lipinski definition) is 5. The molecule has 2 heterocycles. The summed E-state index contributed by atoms with van der Waals surface area (Å²) in [4.78, 5) is 29.4. The summed E-state index contributed by atoms with van der Waals surface area (Å²) in [6.07, 6.45) is 0.181. The van der Waals surface area contributed by atoms with Crippen LogP contribution < -0.4 is 11.2 Å². The second-order valence-electron chi connectivity index (χ2n) is 3.74. The zero-order valence-electron chi connectivity index (χ0n) is 9.67. The highest BCUT2D eigenvalue weighted by molar-refractivity contribution is 5.70. The Morgan fingerprint density at radius 3 is 2.83 bits per heavy atom. The van der Waals surface area contributed by atoms with E-state index in [4.69, 9.17) is 5.26 Å². The van der Waals surface area contributed by atoms with Crippen LogP contribution in [0.25, 0.3) is 11.2 Å². The first kappa shape index (κ1) is 12.1. The summed E-state index contributed by atoms with van der Waals surface area (Å²) in [6, 6.07) is 1.96. The molecule has 0 spiro atoms. The van der Waals surface area contributed by atoms with Gasteiger partial charge in [0, 0.05) is 13.6 Å². The SMILES string of the molecule is Cn1c(=O)[nH]c(=O)c2c1nc(CO)n2CCC#N. The molecule has 2 aromatic rings. The summed E-state index contributed by atoms with van der Waals surface area (Å²) in [5.74, 6) is 0.256. The maximum atomic E-state index is 11.8. The van der Waals surface area contributed by atoms with Crippen LogP contribution >= 0.6 is 0 Å². The lowest BCUT2D eigenvalue weighted by Crippen LogP contribution is -2.29. The van der Waals surface area contributed by atoms with Crippen LogP contribution in [0.15, 0.2) is 9.59 Å². The smallest absolute Gasteiger partial charge is 0.329 e. The van der Waals surface area contributed by atoms with Crippen molar-refractivity contribution < 1.29 is 5.11 Å². The molecule has 0 saturated carbocycles. The number of nitrogens with one attached hydrogen (secondary N) is 1. The molecule has 8 nitrogen and oxygen atoms in total. The Bertz CT molecular complexity index is 746. The predicted octanol–water partition coefficient (Wildman–Crippen LogP) is -1.17. The number of aliphatic hydroxyl groups is 1. The van der Waals surface area contributed by atoms with Gasteiger partial charge in [0.15, 0.2) is 11.2 Å². The molecule has 94 valence electrons. The predicted molar refractivity (Wildman–Crippen MR) is 61.7 cm³/mol. The molecule has 0 radical (unpaired) electrons. The fraction of sp³-hybridized carbons (Fsp3) is 0.400. The van der Waals surface area contributed by atoms with Crippen molar-refractivity contribution in [2.45, 2.75) is 19.6 Å². The van der Waals surface area contributed by atoms with Crippen molar-refractivity contribution in [3.8, 4) is 6.07 Å². The van der Waals surface area contributed by atoms with Gasteiger partial charge >= 0.3 is 5.69 Å². The van der Waals surface area contributed by atoms with Crippen molar-refractivity contribution >= 4 is 11.2 Å². The molecule has 0 aliphatic heterocycles. The van der Waals surface area contributed by atoms with Gasteiger partial charge in [-0.2, -0.15) is 5.26 Å². The molecule has 0 fully saturated rings. The van der Waals surface area contributed by atoms with Crippen molar-refractivity contribution in [2.75, 3.05) is 0 Å². The second kappa shape index (κ2) is 4.46. The van der Waals surface area contributed by atoms with Crippen LogP contribution in [0.4, 0.5) is 0 Å². The Balaban J connectivity index is 2.84. The summed E-state index contributed by atoms with van der Waals surface area (Å²) < 4.78 is 2.65. The highest BCUT2D eigenvalue weighted by Gasteiger charge is 2.16. The monoisotopic (exact) mass is 249 g/mol. The third kappa shape index (κ3) is 1.70. The molecule has 0 aliphatic rings. The lowest BCUT2D eigenvalue weighted by Gasteiger charge is -2.03. The summed E-state index contributed by atoms with van der Waals surface area (Å²) >= 11 is 0. The first-order valence-corrected chi connectivity index (χ1v) is 5.26. The molecule has 0 unspecified atom stereocenters. The topological polar surface area (TPSA) is 117 Å². The molecular formula is C10H11N5O3. The number of fused-ring (bicyclic) bond motifs is 1. The number of aromatic amines is 1. The zero-order chi connectivity index (χ0) is 13.3. The highest BCUT2D eigenvalue weighted by Crippen LogP contribution is 2.11. The molecule has 2 aromatic heterocycles. The average molecular weight is 249 g/mol. The van der Waals surface area contributed by atoms with Crippen molar-refractivity contribution in [2.24, 2.45) is 7.05 Å². The minimum atomic E-state index is -0.571. The number of nitriles is 1. The molecule has 0 aromatic carbocycles. The lowest BCUT2D eigenvalue weighted by atomic mass is 10.4. The van der Waals surface area contributed by atoms with E-state index in [0.717, 1.165) is 0 Å². The summed E-state index contributed by atoms with van der Waals surface area (Å²) in [7, 11) is 1.48. The Morgan fingerprint density at radius 1 is 1.50 bits per heavy atom. The number of H-pyrrole nitrogens is 1. The van der Waals surface area contributed by atoms with E-state index in [2.05, 4.69) is 9.97 Å². The van der Waals surface area contributed by atoms with Gasteiger partial charge in [-0.3, -0.25) is 14.3 Å². The molecule has 18 heavy (non-hydrogen) atoms. The van der Waals surface area contributed by atoms with E-state index >= 15 is 0 Å². The van der Waals surface area contributed by atoms with E-state index in [1.165, 1.54) is 16.2 Å². The van der Waals surface area contributed by atoms with Gasteiger partial charge in [-0.1, -0.05) is 0 Å². The number of nitrogens with zero attached hydrogens (tertiary/aromatic N) is 4. The van der Waals surface area contributed by atoms with Crippen LogP contribution in [0.2, 0.25) is 0 Å². The molecule has 8 heteroatoms. The second-order valence-corrected chi connectivity index (χ2v) is 3.74. The molecular weight excluding hydrogens is 238 g/mol. The Labute approximate surface area is 101 Å². The molecule has 0 saturated heterocycles. The molecule has 0 bridgehead atoms. The number of imidazole rings is 1. The van der Waals surface area contributed by atoms with Crippen LogP contribution in [-0.4, -0.2) is 24.2 Å². The van der Waals surface area contributed by atoms with E-state index < -0.39 is 11.2 Å². The summed E-state index contributed by atoms with van der Waals surface area (Å²) in [5, 5.41) is 17.8. The Morgan fingerprint density at radius 2 is 2.22 bits per heavy atom. The third-order valence-corrected chi connectivity index (χ3v) is 2.67. The van der Waals surface area contributed by atoms with Crippen LogP contribution in [0.5, 0.6) is 0 Å². The van der Waals surface area contributed by atoms with Gasteiger partial charge in [-0.05, 0) is 0 Å². The zero-order valence-corrected chi connectivity index (χ0v) is 9.67. The minimum absolute atomic E-state index is 0.181. The van der Waals surface area contributed by atoms with Crippen molar-refractivity contribution in [3.05, 3.63) is 26.7 Å². The molecule has 0 atom stereocenters. The van der Waals surface area contributed by atoms with Gasteiger partial charge in [0.05, 0.1) is 12.5 Å². The quantitative estimate of drug-likeness (QED) is 0.710. The van der Waals surface area contributed by atoms with Gasteiger partial charge in [-0.15, -0.1) is 0 Å². The number of rotatable bonds is 3. The molecule has 0 amide bonds. The number of aryl methyl sites for hydroxylation is 2. The number of aromatic nitrogens is 4. The summed E-state index contributed by atoms with van der Waals surface area (Å²) in [6.45, 7) is -0.127. The maximum Gasteiger partial charge on any atom is 0.329 e. The largest absolute Gasteiger partial charge is 0.388 e. The van der Waals surface area contributed by atoms with E-state index in [9.17, 15) is 14.7 Å². The molecule has 2 rings (SSSR count). The van der Waals surface area contributed by atoms with Gasteiger partial charge < -0.3 is 9.67 Å².